The molecule has 4 bridgehead atoms. The molecule has 0 saturated carbocycles. The second-order valence-electron chi connectivity index (χ2n) is 11.6. The second-order valence-corrected chi connectivity index (χ2v) is 11.6. The van der Waals surface area contributed by atoms with Crippen LogP contribution in [0.25, 0.3) is 0 Å². The first kappa shape index (κ1) is 24.4. The van der Waals surface area contributed by atoms with Crippen molar-refractivity contribution in [3.63, 3.8) is 0 Å². The average molecular weight is 504 g/mol. The summed E-state index contributed by atoms with van der Waals surface area (Å²) in [5, 5.41) is 5.94. The third-order valence-corrected chi connectivity index (χ3v) is 9.11. The van der Waals surface area contributed by atoms with Gasteiger partial charge in [0.1, 0.15) is 0 Å². The summed E-state index contributed by atoms with van der Waals surface area (Å²) in [5.41, 5.74) is 2.70. The number of amides is 2. The number of aromatic nitrogens is 1. The minimum absolute atomic E-state index is 0.0148. The molecule has 7 rings (SSSR count). The number of carbonyl (C=O) groups excluding carboxylic acids is 2. The first-order valence-corrected chi connectivity index (χ1v) is 13.7. The Labute approximate surface area is 218 Å². The van der Waals surface area contributed by atoms with E-state index in [1.807, 2.05) is 10.6 Å². The normalized spacial score (nSPS) is 30.4. The van der Waals surface area contributed by atoms with Gasteiger partial charge in [-0.15, -0.1) is 0 Å². The van der Waals surface area contributed by atoms with E-state index in [1.165, 1.54) is 25.5 Å². The molecule has 37 heavy (non-hydrogen) atoms. The maximum absolute atomic E-state index is 12.5. The zero-order valence-corrected chi connectivity index (χ0v) is 21.6. The van der Waals surface area contributed by atoms with Crippen LogP contribution in [-0.2, 0) is 6.54 Å². The minimum atomic E-state index is -0.200. The van der Waals surface area contributed by atoms with Gasteiger partial charge in [0, 0.05) is 74.2 Å². The maximum atomic E-state index is 12.5. The van der Waals surface area contributed by atoms with Gasteiger partial charge >= 0.3 is 6.03 Å². The van der Waals surface area contributed by atoms with Crippen LogP contribution in [0.15, 0.2) is 47.3 Å². The Hall–Kier alpha value is -2.97. The summed E-state index contributed by atoms with van der Waals surface area (Å²) in [4.78, 5) is 41.5. The highest BCUT2D eigenvalue weighted by Gasteiger charge is 2.42. The summed E-state index contributed by atoms with van der Waals surface area (Å²) in [5.74, 6) is 2.44. The molecular formula is C29H37N5O3. The zero-order valence-electron chi connectivity index (χ0n) is 21.6. The number of urea groups is 1. The lowest BCUT2D eigenvalue weighted by molar-refractivity contribution is -0.0192. The third kappa shape index (κ3) is 5.09. The molecule has 4 saturated heterocycles. The van der Waals surface area contributed by atoms with Gasteiger partial charge in [0.05, 0.1) is 0 Å². The summed E-state index contributed by atoms with van der Waals surface area (Å²) in [6.45, 7) is 8.56. The highest BCUT2D eigenvalue weighted by atomic mass is 16.2. The lowest BCUT2D eigenvalue weighted by atomic mass is 9.74. The Balaban J connectivity index is 1.000. The molecule has 6 unspecified atom stereocenters. The highest BCUT2D eigenvalue weighted by Crippen LogP contribution is 2.39. The summed E-state index contributed by atoms with van der Waals surface area (Å²) in [6.07, 6.45) is 3.59. The van der Waals surface area contributed by atoms with Gasteiger partial charge in [-0.3, -0.25) is 14.5 Å². The number of benzene rings is 1. The Bertz CT molecular complexity index is 1220. The van der Waals surface area contributed by atoms with E-state index in [0.29, 0.717) is 47.5 Å². The number of nitrogens with one attached hydrogen (secondary N) is 2. The quantitative estimate of drug-likeness (QED) is 0.592. The smallest absolute Gasteiger partial charge is 0.319 e. The van der Waals surface area contributed by atoms with Gasteiger partial charge in [-0.05, 0) is 80.8 Å². The van der Waals surface area contributed by atoms with Gasteiger partial charge in [0.25, 0.3) is 5.56 Å². The van der Waals surface area contributed by atoms with Crippen molar-refractivity contribution in [3.8, 4) is 0 Å². The van der Waals surface area contributed by atoms with Crippen LogP contribution in [0.1, 0.15) is 48.2 Å². The van der Waals surface area contributed by atoms with Crippen LogP contribution in [0.5, 0.6) is 0 Å². The van der Waals surface area contributed by atoms with Gasteiger partial charge in [-0.1, -0.05) is 6.07 Å². The number of ketones is 1. The van der Waals surface area contributed by atoms with Crippen molar-refractivity contribution in [1.82, 2.24) is 19.7 Å². The van der Waals surface area contributed by atoms with E-state index in [-0.39, 0.29) is 17.4 Å². The fourth-order valence-electron chi connectivity index (χ4n) is 7.32. The molecule has 6 atom stereocenters. The molecule has 2 amide bonds. The number of anilines is 1. The molecule has 0 spiro atoms. The van der Waals surface area contributed by atoms with E-state index < -0.39 is 0 Å². The molecule has 0 radical (unpaired) electrons. The van der Waals surface area contributed by atoms with Crippen LogP contribution >= 0.6 is 0 Å². The SMILES string of the molecule is CC(=O)c1ccc(NC(=O)NCC2CC3CCN2CC3CN2CC3CC(C2)c2cccc(=O)n2C3)cc1. The molecular weight excluding hydrogens is 466 g/mol. The van der Waals surface area contributed by atoms with Gasteiger partial charge < -0.3 is 20.1 Å². The molecule has 196 valence electrons. The van der Waals surface area contributed by atoms with Gasteiger partial charge in [-0.2, -0.15) is 0 Å². The molecule has 2 aromatic rings. The number of pyridine rings is 1. The Morgan fingerprint density at radius 3 is 2.59 bits per heavy atom. The van der Waals surface area contributed by atoms with Crippen LogP contribution in [0, 0.1) is 17.8 Å². The number of hydrogen-bond donors (Lipinski definition) is 2. The number of Topliss-reactive ketones (excluding diaryl/α,β-unsaturated/α-hetero) is 1. The van der Waals surface area contributed by atoms with Crippen LogP contribution in [0.2, 0.25) is 0 Å². The third-order valence-electron chi connectivity index (χ3n) is 9.11. The molecule has 8 nitrogen and oxygen atoms in total. The topological polar surface area (TPSA) is 86.7 Å². The van der Waals surface area contributed by atoms with E-state index >= 15 is 0 Å². The number of likely N-dealkylation sites (tertiary alicyclic amines) is 1. The molecule has 2 N–H and O–H groups in total. The monoisotopic (exact) mass is 503 g/mol. The number of rotatable bonds is 6. The molecule has 5 aliphatic rings. The Morgan fingerprint density at radius 1 is 1.00 bits per heavy atom. The van der Waals surface area contributed by atoms with Crippen molar-refractivity contribution in [3.05, 3.63) is 64.1 Å². The van der Waals surface area contributed by atoms with Crippen molar-refractivity contribution in [1.29, 1.82) is 0 Å². The average Bonchev–Trinajstić information content (AvgIpc) is 2.89. The van der Waals surface area contributed by atoms with Crippen molar-refractivity contribution in [2.24, 2.45) is 17.8 Å². The van der Waals surface area contributed by atoms with Crippen molar-refractivity contribution < 1.29 is 9.59 Å². The molecule has 1 aromatic carbocycles. The number of hydrogen-bond acceptors (Lipinski definition) is 5. The summed E-state index contributed by atoms with van der Waals surface area (Å²) < 4.78 is 2.01. The molecule has 6 heterocycles. The standard InChI is InChI=1S/C29H37N5O3/c1-19(35)21-5-7-25(8-6-21)31-29(37)30-13-26-12-22-9-10-33(26)18-24(22)17-32-14-20-11-23(16-32)27-3-2-4-28(36)34(27)15-20/h2-8,20,22-24,26H,9-18H2,1H3,(H2,30,31,37). The largest absolute Gasteiger partial charge is 0.336 e. The molecule has 4 fully saturated rings. The predicted molar refractivity (Wildman–Crippen MR) is 143 cm³/mol. The van der Waals surface area contributed by atoms with Crippen LogP contribution < -0.4 is 16.2 Å². The molecule has 1 aromatic heterocycles. The fourth-order valence-corrected chi connectivity index (χ4v) is 7.32. The molecule has 0 aliphatic carbocycles. The summed E-state index contributed by atoms with van der Waals surface area (Å²) in [7, 11) is 0. The number of nitrogens with zero attached hydrogens (tertiary/aromatic N) is 3. The van der Waals surface area contributed by atoms with E-state index in [0.717, 1.165) is 45.7 Å². The van der Waals surface area contributed by atoms with E-state index in [4.69, 9.17) is 0 Å². The van der Waals surface area contributed by atoms with E-state index in [1.54, 1.807) is 30.3 Å². The zero-order chi connectivity index (χ0) is 25.5. The van der Waals surface area contributed by atoms with Crippen LogP contribution in [0.3, 0.4) is 0 Å². The minimum Gasteiger partial charge on any atom is -0.336 e. The number of fused-ring (bicyclic) bond motifs is 7. The second kappa shape index (κ2) is 10.1. The molecule has 8 heteroatoms. The van der Waals surface area contributed by atoms with Crippen LogP contribution in [-0.4, -0.2) is 71.5 Å². The van der Waals surface area contributed by atoms with Crippen molar-refractivity contribution in [2.75, 3.05) is 44.6 Å². The van der Waals surface area contributed by atoms with Crippen LogP contribution in [0.4, 0.5) is 10.5 Å². The van der Waals surface area contributed by atoms with Crippen molar-refractivity contribution in [2.45, 2.75) is 44.7 Å². The molecule has 5 aliphatic heterocycles. The fraction of sp³-hybridized carbons (Fsp3) is 0.552. The van der Waals surface area contributed by atoms with Crippen molar-refractivity contribution >= 4 is 17.5 Å². The maximum Gasteiger partial charge on any atom is 0.319 e. The van der Waals surface area contributed by atoms with E-state index in [9.17, 15) is 14.4 Å². The lowest BCUT2D eigenvalue weighted by Gasteiger charge is -2.52. The van der Waals surface area contributed by atoms with Gasteiger partial charge in [0.2, 0.25) is 0 Å². The number of carbonyl (C=O) groups is 2. The Morgan fingerprint density at radius 2 is 1.84 bits per heavy atom. The first-order valence-electron chi connectivity index (χ1n) is 13.7. The summed E-state index contributed by atoms with van der Waals surface area (Å²) in [6, 6.07) is 12.9. The highest BCUT2D eigenvalue weighted by molar-refractivity contribution is 5.95. The summed E-state index contributed by atoms with van der Waals surface area (Å²) >= 11 is 0. The first-order chi connectivity index (χ1) is 17.9. The lowest BCUT2D eigenvalue weighted by Crippen LogP contribution is -2.59. The predicted octanol–water partition coefficient (Wildman–Crippen LogP) is 3.00. The van der Waals surface area contributed by atoms with Gasteiger partial charge in [-0.25, -0.2) is 4.79 Å². The Kier molecular flexibility index (Phi) is 6.63. The number of piperidine rings is 4. The van der Waals surface area contributed by atoms with Gasteiger partial charge in [0.15, 0.2) is 5.78 Å². The van der Waals surface area contributed by atoms with E-state index in [2.05, 4.69) is 26.5 Å².